The molecule has 9 heteroatoms. The molecule has 32 heavy (non-hydrogen) atoms. The Hall–Kier alpha value is -1.31. The first-order chi connectivity index (χ1) is 14.6. The molecule has 0 aliphatic carbocycles. The van der Waals surface area contributed by atoms with Crippen LogP contribution in [-0.4, -0.2) is 74.8 Å². The second-order valence-electron chi connectivity index (χ2n) is 9.77. The summed E-state index contributed by atoms with van der Waals surface area (Å²) >= 11 is 0. The lowest BCUT2D eigenvalue weighted by atomic mass is 9.84. The minimum atomic E-state index is -4.35. The van der Waals surface area contributed by atoms with Crippen LogP contribution in [0.1, 0.15) is 51.3 Å². The molecule has 7 nitrogen and oxygen atoms in total. The monoisotopic (exact) mass is 486 g/mol. The smallest absolute Gasteiger partial charge is 0.344 e. The summed E-state index contributed by atoms with van der Waals surface area (Å²) in [5.74, 6) is 2.43. The van der Waals surface area contributed by atoms with Gasteiger partial charge in [-0.25, -0.2) is 10.0 Å². The van der Waals surface area contributed by atoms with Gasteiger partial charge in [0.05, 0.1) is 4.91 Å². The van der Waals surface area contributed by atoms with Crippen LogP contribution in [0.5, 0.6) is 5.75 Å². The number of amides is 1. The SMILES string of the molecule is CCS1(CC)CCN(CP(=O)(O)O)C(=O)/C1=C\c1cc(CN(C)C)c(O)c(C(C)(C)C)c1. The maximum absolute atomic E-state index is 13.4. The molecule has 1 aromatic carbocycles. The summed E-state index contributed by atoms with van der Waals surface area (Å²) < 4.78 is 11.6. The third-order valence-corrected chi connectivity index (χ3v) is 11.1. The second kappa shape index (κ2) is 9.90. The van der Waals surface area contributed by atoms with Crippen molar-refractivity contribution in [3.8, 4) is 5.75 Å². The molecule has 1 amide bonds. The van der Waals surface area contributed by atoms with Crippen molar-refractivity contribution in [3.05, 3.63) is 33.7 Å². The number of phenolic OH excluding ortho intramolecular Hbond substituents is 1. The van der Waals surface area contributed by atoms with Crippen molar-refractivity contribution >= 4 is 29.6 Å². The molecule has 0 spiro atoms. The van der Waals surface area contributed by atoms with Crippen LogP contribution in [0, 0.1) is 0 Å². The molecule has 0 atom stereocenters. The van der Waals surface area contributed by atoms with Crippen molar-refractivity contribution < 1.29 is 24.3 Å². The summed E-state index contributed by atoms with van der Waals surface area (Å²) in [7, 11) is -1.87. The van der Waals surface area contributed by atoms with Gasteiger partial charge in [-0.15, -0.1) is 0 Å². The van der Waals surface area contributed by atoms with E-state index in [2.05, 4.69) is 13.8 Å². The first kappa shape index (κ1) is 26.9. The molecule has 1 saturated heterocycles. The first-order valence-electron chi connectivity index (χ1n) is 11.0. The number of hydrogen-bond donors (Lipinski definition) is 3. The lowest BCUT2D eigenvalue weighted by molar-refractivity contribution is -0.125. The number of phenols is 1. The van der Waals surface area contributed by atoms with E-state index in [-0.39, 0.29) is 17.1 Å². The van der Waals surface area contributed by atoms with Crippen LogP contribution >= 0.6 is 17.6 Å². The maximum Gasteiger partial charge on any atom is 0.344 e. The van der Waals surface area contributed by atoms with Gasteiger partial charge in [-0.05, 0) is 60.5 Å². The Balaban J connectivity index is 2.69. The predicted octanol–water partition coefficient (Wildman–Crippen LogP) is 3.91. The highest BCUT2D eigenvalue weighted by Crippen LogP contribution is 2.58. The van der Waals surface area contributed by atoms with Crippen molar-refractivity contribution in [3.63, 3.8) is 0 Å². The number of rotatable bonds is 7. The van der Waals surface area contributed by atoms with Gasteiger partial charge in [-0.3, -0.25) is 9.36 Å². The number of benzene rings is 1. The van der Waals surface area contributed by atoms with E-state index in [9.17, 15) is 24.3 Å². The van der Waals surface area contributed by atoms with Gasteiger partial charge < -0.3 is 24.7 Å². The molecule has 1 heterocycles. The van der Waals surface area contributed by atoms with Crippen LogP contribution in [-0.2, 0) is 21.3 Å². The number of carbonyl (C=O) groups excluding carboxylic acids is 1. The highest BCUT2D eigenvalue weighted by molar-refractivity contribution is 8.37. The molecular formula is C23H39N2O5PS. The van der Waals surface area contributed by atoms with E-state index in [1.54, 1.807) is 0 Å². The summed E-state index contributed by atoms with van der Waals surface area (Å²) in [6.07, 6.45) is 1.35. The summed E-state index contributed by atoms with van der Waals surface area (Å²) in [6.45, 7) is 11.2. The third kappa shape index (κ3) is 6.17. The van der Waals surface area contributed by atoms with E-state index < -0.39 is 23.9 Å². The van der Waals surface area contributed by atoms with Crippen LogP contribution in [0.15, 0.2) is 17.0 Å². The quantitative estimate of drug-likeness (QED) is 0.399. The fourth-order valence-electron chi connectivity index (χ4n) is 4.17. The molecule has 3 N–H and O–H groups in total. The van der Waals surface area contributed by atoms with Crippen LogP contribution in [0.4, 0.5) is 0 Å². The van der Waals surface area contributed by atoms with Gasteiger partial charge in [0.25, 0.3) is 5.91 Å². The summed E-state index contributed by atoms with van der Waals surface area (Å²) in [5, 5.41) is 10.9. The first-order valence-corrected chi connectivity index (χ1v) is 14.9. The second-order valence-corrected chi connectivity index (χ2v) is 15.5. The average molecular weight is 487 g/mol. The van der Waals surface area contributed by atoms with E-state index in [0.717, 1.165) is 33.9 Å². The molecule has 1 fully saturated rings. The zero-order valence-electron chi connectivity index (χ0n) is 20.4. The molecule has 0 aromatic heterocycles. The van der Waals surface area contributed by atoms with Gasteiger partial charge in [0.2, 0.25) is 0 Å². The summed E-state index contributed by atoms with van der Waals surface area (Å²) in [5.41, 5.74) is 2.15. The normalized spacial score (nSPS) is 19.6. The number of aromatic hydroxyl groups is 1. The van der Waals surface area contributed by atoms with Crippen LogP contribution < -0.4 is 0 Å². The van der Waals surface area contributed by atoms with Gasteiger partial charge in [0.1, 0.15) is 12.0 Å². The molecule has 1 aliphatic heterocycles. The lowest BCUT2D eigenvalue weighted by Crippen LogP contribution is -2.43. The van der Waals surface area contributed by atoms with E-state index >= 15 is 0 Å². The van der Waals surface area contributed by atoms with E-state index in [4.69, 9.17) is 0 Å². The van der Waals surface area contributed by atoms with Crippen LogP contribution in [0.3, 0.4) is 0 Å². The fourth-order valence-corrected chi connectivity index (χ4v) is 8.17. The van der Waals surface area contributed by atoms with Crippen molar-refractivity contribution in [2.45, 2.75) is 46.6 Å². The minimum Gasteiger partial charge on any atom is -0.507 e. The standard InChI is InChI=1S/C23H39N2O5PS/c1-8-32(9-2)11-10-25(16-31(28,29)30)22(27)20(32)14-17-12-18(15-24(6)7)21(26)19(13-17)23(3,4)5/h12-14,26H,8-11,15-16H2,1-7H3,(H2,28,29,30)/b20-14+. The lowest BCUT2D eigenvalue weighted by Gasteiger charge is -2.47. The van der Waals surface area contributed by atoms with Gasteiger partial charge in [0, 0.05) is 24.2 Å². The van der Waals surface area contributed by atoms with Gasteiger partial charge >= 0.3 is 7.60 Å². The number of carbonyl (C=O) groups is 1. The van der Waals surface area contributed by atoms with E-state index in [1.807, 2.05) is 58.0 Å². The molecule has 1 aromatic rings. The molecule has 2 rings (SSSR count). The average Bonchev–Trinajstić information content (AvgIpc) is 2.65. The highest BCUT2D eigenvalue weighted by atomic mass is 32.3. The van der Waals surface area contributed by atoms with Crippen LogP contribution in [0.2, 0.25) is 0 Å². The van der Waals surface area contributed by atoms with Gasteiger partial charge in [-0.1, -0.05) is 34.6 Å². The largest absolute Gasteiger partial charge is 0.507 e. The van der Waals surface area contributed by atoms with Crippen LogP contribution in [0.25, 0.3) is 6.08 Å². The molecular weight excluding hydrogens is 447 g/mol. The van der Waals surface area contributed by atoms with E-state index in [0.29, 0.717) is 18.0 Å². The van der Waals surface area contributed by atoms with Crippen molar-refractivity contribution in [2.24, 2.45) is 0 Å². The molecule has 0 radical (unpaired) electrons. The Kier molecular flexibility index (Phi) is 8.33. The molecule has 0 saturated carbocycles. The Morgan fingerprint density at radius 3 is 2.25 bits per heavy atom. The maximum atomic E-state index is 13.4. The van der Waals surface area contributed by atoms with Gasteiger partial charge in [-0.2, -0.15) is 0 Å². The third-order valence-electron chi connectivity index (χ3n) is 5.98. The molecule has 0 bridgehead atoms. The molecule has 1 aliphatic rings. The Labute approximate surface area is 194 Å². The Bertz CT molecular complexity index is 929. The minimum absolute atomic E-state index is 0.274. The molecule has 0 unspecified atom stereocenters. The topological polar surface area (TPSA) is 101 Å². The Morgan fingerprint density at radius 2 is 1.78 bits per heavy atom. The van der Waals surface area contributed by atoms with E-state index in [1.165, 1.54) is 4.90 Å². The fraction of sp³-hybridized carbons (Fsp3) is 0.609. The van der Waals surface area contributed by atoms with Crippen molar-refractivity contribution in [1.82, 2.24) is 9.80 Å². The zero-order valence-corrected chi connectivity index (χ0v) is 22.1. The zero-order chi connectivity index (χ0) is 24.5. The van der Waals surface area contributed by atoms with Crippen molar-refractivity contribution in [2.75, 3.05) is 44.2 Å². The molecule has 182 valence electrons. The predicted molar refractivity (Wildman–Crippen MR) is 134 cm³/mol. The number of nitrogens with zero attached hydrogens (tertiary/aromatic N) is 2. The Morgan fingerprint density at radius 1 is 1.19 bits per heavy atom. The highest BCUT2D eigenvalue weighted by Gasteiger charge is 2.39. The summed E-state index contributed by atoms with van der Waals surface area (Å²) in [6, 6.07) is 3.86. The van der Waals surface area contributed by atoms with Gasteiger partial charge in [0.15, 0.2) is 0 Å². The van der Waals surface area contributed by atoms with Crippen molar-refractivity contribution in [1.29, 1.82) is 0 Å². The summed E-state index contributed by atoms with van der Waals surface area (Å²) in [4.78, 5) is 36.3. The number of hydrogen-bond acceptors (Lipinski definition) is 4.